The number of carbonyl (C=O) groups is 2. The molecule has 0 atom stereocenters. The largest absolute Gasteiger partial charge is 0.465 e. The fraction of sp³-hybridized carbons (Fsp3) is 0.385. The van der Waals surface area contributed by atoms with Gasteiger partial charge in [-0.25, -0.2) is 4.79 Å². The van der Waals surface area contributed by atoms with Crippen molar-refractivity contribution in [3.8, 4) is 0 Å². The predicted molar refractivity (Wildman–Crippen MR) is 63.9 cm³/mol. The van der Waals surface area contributed by atoms with E-state index in [9.17, 15) is 35.9 Å². The molecule has 23 heavy (non-hydrogen) atoms. The standard InChI is InChI=1S/C13H9F6NO3/c14-12(15,16)7-3-6(4-8(5-7)13(17,18)19)9(21)11(1-2-11)20-10(22)23/h3-5,20H,1-2H2,(H,22,23). The van der Waals surface area contributed by atoms with Crippen LogP contribution in [0.2, 0.25) is 0 Å². The quantitative estimate of drug-likeness (QED) is 0.651. The van der Waals surface area contributed by atoms with Gasteiger partial charge in [0.15, 0.2) is 5.78 Å². The first-order valence-electron chi connectivity index (χ1n) is 6.20. The molecule has 0 saturated heterocycles. The van der Waals surface area contributed by atoms with Crippen molar-refractivity contribution in [3.63, 3.8) is 0 Å². The third kappa shape index (κ3) is 3.57. The minimum absolute atomic E-state index is 0.00965. The summed E-state index contributed by atoms with van der Waals surface area (Å²) in [6.07, 6.45) is -11.7. The van der Waals surface area contributed by atoms with Gasteiger partial charge in [-0.05, 0) is 31.0 Å². The first kappa shape index (κ1) is 17.1. The second-order valence-corrected chi connectivity index (χ2v) is 5.14. The highest BCUT2D eigenvalue weighted by molar-refractivity contribution is 6.07. The normalized spacial score (nSPS) is 16.8. The second kappa shape index (κ2) is 5.14. The van der Waals surface area contributed by atoms with Gasteiger partial charge < -0.3 is 10.4 Å². The molecule has 2 rings (SSSR count). The number of amides is 1. The van der Waals surface area contributed by atoms with E-state index in [0.29, 0.717) is 12.1 Å². The van der Waals surface area contributed by atoms with Gasteiger partial charge in [-0.1, -0.05) is 0 Å². The van der Waals surface area contributed by atoms with E-state index < -0.39 is 46.5 Å². The number of carbonyl (C=O) groups excluding carboxylic acids is 1. The second-order valence-electron chi connectivity index (χ2n) is 5.14. The molecule has 0 unspecified atom stereocenters. The number of ketones is 1. The van der Waals surface area contributed by atoms with E-state index in [1.165, 1.54) is 0 Å². The Morgan fingerprint density at radius 2 is 1.39 bits per heavy atom. The summed E-state index contributed by atoms with van der Waals surface area (Å²) in [7, 11) is 0. The van der Waals surface area contributed by atoms with Crippen molar-refractivity contribution in [1.82, 2.24) is 5.32 Å². The van der Waals surface area contributed by atoms with Crippen LogP contribution in [-0.4, -0.2) is 22.5 Å². The first-order valence-corrected chi connectivity index (χ1v) is 6.20. The number of rotatable bonds is 3. The lowest BCUT2D eigenvalue weighted by Crippen LogP contribution is -2.42. The lowest BCUT2D eigenvalue weighted by atomic mass is 9.97. The van der Waals surface area contributed by atoms with Gasteiger partial charge in [-0.15, -0.1) is 0 Å². The van der Waals surface area contributed by atoms with Gasteiger partial charge in [0, 0.05) is 5.56 Å². The lowest BCUT2D eigenvalue weighted by molar-refractivity contribution is -0.143. The predicted octanol–water partition coefficient (Wildman–Crippen LogP) is 3.71. The number of alkyl halides is 6. The molecule has 1 aliphatic carbocycles. The van der Waals surface area contributed by atoms with Crippen molar-refractivity contribution in [1.29, 1.82) is 0 Å². The molecule has 2 N–H and O–H groups in total. The molecule has 1 aromatic rings. The average Bonchev–Trinajstić information content (AvgIpc) is 3.15. The Bertz CT molecular complexity index is 628. The zero-order valence-corrected chi connectivity index (χ0v) is 11.2. The van der Waals surface area contributed by atoms with Crippen molar-refractivity contribution in [2.45, 2.75) is 30.7 Å². The molecule has 1 amide bonds. The topological polar surface area (TPSA) is 66.4 Å². The zero-order valence-electron chi connectivity index (χ0n) is 11.2. The first-order chi connectivity index (χ1) is 10.3. The van der Waals surface area contributed by atoms with Crippen LogP contribution in [0.15, 0.2) is 18.2 Å². The maximum Gasteiger partial charge on any atom is 0.416 e. The van der Waals surface area contributed by atoms with E-state index in [1.54, 1.807) is 0 Å². The van der Waals surface area contributed by atoms with Crippen LogP contribution in [0.25, 0.3) is 0 Å². The van der Waals surface area contributed by atoms with Gasteiger partial charge in [-0.3, -0.25) is 4.79 Å². The van der Waals surface area contributed by atoms with Gasteiger partial charge in [0.2, 0.25) is 0 Å². The molecule has 1 aliphatic rings. The van der Waals surface area contributed by atoms with Crippen molar-refractivity contribution < 1.29 is 41.0 Å². The summed E-state index contributed by atoms with van der Waals surface area (Å²) < 4.78 is 76.4. The Morgan fingerprint density at radius 1 is 0.957 bits per heavy atom. The maximum absolute atomic E-state index is 12.7. The SMILES string of the molecule is O=C(O)NC1(C(=O)c2cc(C(F)(F)F)cc(C(F)(F)F)c2)CC1. The molecule has 0 spiro atoms. The van der Waals surface area contributed by atoms with Crippen LogP contribution in [-0.2, 0) is 12.4 Å². The Kier molecular flexibility index (Phi) is 3.82. The van der Waals surface area contributed by atoms with Crippen molar-refractivity contribution >= 4 is 11.9 Å². The number of hydrogen-bond acceptors (Lipinski definition) is 2. The molecular formula is C13H9F6NO3. The lowest BCUT2D eigenvalue weighted by Gasteiger charge is -2.17. The number of hydrogen-bond donors (Lipinski definition) is 2. The summed E-state index contributed by atoms with van der Waals surface area (Å²) in [5.41, 5.74) is -5.74. The van der Waals surface area contributed by atoms with E-state index in [4.69, 9.17) is 5.11 Å². The van der Waals surface area contributed by atoms with Crippen molar-refractivity contribution in [2.24, 2.45) is 0 Å². The molecule has 0 bridgehead atoms. The monoisotopic (exact) mass is 341 g/mol. The average molecular weight is 341 g/mol. The van der Waals surface area contributed by atoms with Crippen LogP contribution >= 0.6 is 0 Å². The van der Waals surface area contributed by atoms with Crippen LogP contribution in [0.3, 0.4) is 0 Å². The number of benzene rings is 1. The van der Waals surface area contributed by atoms with E-state index in [0.717, 1.165) is 0 Å². The van der Waals surface area contributed by atoms with Crippen molar-refractivity contribution in [3.05, 3.63) is 34.9 Å². The molecular weight excluding hydrogens is 332 g/mol. The van der Waals surface area contributed by atoms with Gasteiger partial charge in [0.1, 0.15) is 5.54 Å². The Morgan fingerprint density at radius 3 is 1.70 bits per heavy atom. The molecule has 0 radical (unpaired) electrons. The Hall–Kier alpha value is -2.26. The number of Topliss-reactive ketones (excluding diaryl/α,β-unsaturated/α-hetero) is 1. The third-order valence-electron chi connectivity index (χ3n) is 3.38. The van der Waals surface area contributed by atoms with Crippen LogP contribution in [0.1, 0.15) is 34.3 Å². The van der Waals surface area contributed by atoms with Gasteiger partial charge in [0.25, 0.3) is 0 Å². The summed E-state index contributed by atoms with van der Waals surface area (Å²) in [6.45, 7) is 0. The molecule has 0 aromatic heterocycles. The molecule has 10 heteroatoms. The van der Waals surface area contributed by atoms with E-state index >= 15 is 0 Å². The maximum atomic E-state index is 12.7. The molecule has 0 aliphatic heterocycles. The molecule has 1 fully saturated rings. The number of halogens is 6. The van der Waals surface area contributed by atoms with Crippen molar-refractivity contribution in [2.75, 3.05) is 0 Å². The summed E-state index contributed by atoms with van der Waals surface area (Å²) in [6, 6.07) is 0.489. The smallest absolute Gasteiger partial charge is 0.416 e. The van der Waals surface area contributed by atoms with Crippen LogP contribution in [0.4, 0.5) is 31.1 Å². The molecule has 1 aromatic carbocycles. The fourth-order valence-corrected chi connectivity index (χ4v) is 2.10. The molecule has 1 saturated carbocycles. The van der Waals surface area contributed by atoms with Crippen LogP contribution < -0.4 is 5.32 Å². The molecule has 126 valence electrons. The Balaban J connectivity index is 2.50. The Labute approximate surface area is 125 Å². The van der Waals surface area contributed by atoms with Crippen LogP contribution in [0.5, 0.6) is 0 Å². The summed E-state index contributed by atoms with van der Waals surface area (Å²) >= 11 is 0. The summed E-state index contributed by atoms with van der Waals surface area (Å²) in [5.74, 6) is -1.11. The summed E-state index contributed by atoms with van der Waals surface area (Å²) in [5, 5.41) is 10.5. The number of nitrogens with one attached hydrogen (secondary N) is 1. The highest BCUT2D eigenvalue weighted by Crippen LogP contribution is 2.41. The van der Waals surface area contributed by atoms with Gasteiger partial charge >= 0.3 is 18.4 Å². The minimum atomic E-state index is -5.08. The third-order valence-corrected chi connectivity index (χ3v) is 3.38. The fourth-order valence-electron chi connectivity index (χ4n) is 2.10. The zero-order chi connectivity index (χ0) is 17.6. The highest BCUT2D eigenvalue weighted by Gasteiger charge is 2.52. The highest BCUT2D eigenvalue weighted by atomic mass is 19.4. The van der Waals surface area contributed by atoms with E-state index in [2.05, 4.69) is 0 Å². The molecule has 0 heterocycles. The van der Waals surface area contributed by atoms with Gasteiger partial charge in [-0.2, -0.15) is 26.3 Å². The van der Waals surface area contributed by atoms with E-state index in [1.807, 2.05) is 5.32 Å². The van der Waals surface area contributed by atoms with Crippen LogP contribution in [0, 0.1) is 0 Å². The minimum Gasteiger partial charge on any atom is -0.465 e. The van der Waals surface area contributed by atoms with Gasteiger partial charge in [0.05, 0.1) is 11.1 Å². The van der Waals surface area contributed by atoms with E-state index in [-0.39, 0.29) is 18.9 Å². The number of carboxylic acid groups (broad SMARTS) is 1. The molecule has 4 nitrogen and oxygen atoms in total. The summed E-state index contributed by atoms with van der Waals surface area (Å²) in [4.78, 5) is 22.8.